The van der Waals surface area contributed by atoms with Crippen LogP contribution in [0.2, 0.25) is 5.02 Å². The molecule has 0 saturated carbocycles. The molecule has 0 unspecified atom stereocenters. The van der Waals surface area contributed by atoms with Gasteiger partial charge in [-0.05, 0) is 46.1 Å². The molecule has 0 aliphatic rings. The third-order valence-corrected chi connectivity index (χ3v) is 3.86. The predicted molar refractivity (Wildman–Crippen MR) is 104 cm³/mol. The van der Waals surface area contributed by atoms with Crippen molar-refractivity contribution in [3.05, 3.63) is 34.9 Å². The molecule has 28 heavy (non-hydrogen) atoms. The number of aliphatic carboxylic acids is 1. The average molecular weight is 415 g/mol. The number of rotatable bonds is 9. The first kappa shape index (κ1) is 23.6. The van der Waals surface area contributed by atoms with Gasteiger partial charge in [-0.1, -0.05) is 29.8 Å². The van der Waals surface area contributed by atoms with Crippen LogP contribution in [0.25, 0.3) is 0 Å². The highest BCUT2D eigenvalue weighted by molar-refractivity contribution is 6.31. The SMILES string of the molecule is CC(C)(C)OC(=O)NCCCC[C@H](NC(=O)OCc1ccccc1Cl)C(=O)O. The zero-order valence-corrected chi connectivity index (χ0v) is 17.0. The minimum Gasteiger partial charge on any atom is -0.480 e. The number of nitrogens with one attached hydrogen (secondary N) is 2. The summed E-state index contributed by atoms with van der Waals surface area (Å²) in [5, 5.41) is 14.6. The molecule has 0 aliphatic heterocycles. The molecule has 0 fully saturated rings. The van der Waals surface area contributed by atoms with E-state index < -0.39 is 29.8 Å². The van der Waals surface area contributed by atoms with Gasteiger partial charge in [0.05, 0.1) is 0 Å². The van der Waals surface area contributed by atoms with Gasteiger partial charge in [-0.25, -0.2) is 14.4 Å². The Morgan fingerprint density at radius 2 is 1.82 bits per heavy atom. The number of halogens is 1. The molecule has 1 aromatic carbocycles. The summed E-state index contributed by atoms with van der Waals surface area (Å²) in [6.07, 6.45) is -0.133. The molecular formula is C19H27ClN2O6. The van der Waals surface area contributed by atoms with E-state index >= 15 is 0 Å². The van der Waals surface area contributed by atoms with Crippen molar-refractivity contribution in [1.82, 2.24) is 10.6 Å². The van der Waals surface area contributed by atoms with E-state index in [4.69, 9.17) is 21.1 Å². The van der Waals surface area contributed by atoms with Gasteiger partial charge in [0.2, 0.25) is 0 Å². The normalized spacial score (nSPS) is 12.0. The average Bonchev–Trinajstić information content (AvgIpc) is 2.58. The highest BCUT2D eigenvalue weighted by Gasteiger charge is 2.20. The zero-order chi connectivity index (χ0) is 21.2. The molecule has 9 heteroatoms. The maximum atomic E-state index is 11.8. The number of carbonyl (C=O) groups excluding carboxylic acids is 2. The summed E-state index contributed by atoms with van der Waals surface area (Å²) < 4.78 is 10.1. The van der Waals surface area contributed by atoms with Crippen molar-refractivity contribution >= 4 is 29.8 Å². The standard InChI is InChI=1S/C19H27ClN2O6/c1-19(2,3)28-17(25)21-11-7-6-10-15(16(23)24)22-18(26)27-12-13-8-4-5-9-14(13)20/h4-5,8-9,15H,6-7,10-12H2,1-3H3,(H,21,25)(H,22,26)(H,23,24)/t15-/m0/s1. The molecule has 0 radical (unpaired) electrons. The van der Waals surface area contributed by atoms with Gasteiger partial charge in [0, 0.05) is 17.1 Å². The van der Waals surface area contributed by atoms with Crippen molar-refractivity contribution in [3.8, 4) is 0 Å². The second-order valence-electron chi connectivity index (χ2n) is 7.13. The summed E-state index contributed by atoms with van der Waals surface area (Å²) in [7, 11) is 0. The van der Waals surface area contributed by atoms with Gasteiger partial charge >= 0.3 is 18.2 Å². The molecule has 0 heterocycles. The van der Waals surface area contributed by atoms with Crippen molar-refractivity contribution in [2.45, 2.75) is 58.3 Å². The van der Waals surface area contributed by atoms with E-state index in [-0.39, 0.29) is 13.0 Å². The number of hydrogen-bond acceptors (Lipinski definition) is 5. The minimum absolute atomic E-state index is 0.0579. The fraction of sp³-hybridized carbons (Fsp3) is 0.526. The molecule has 1 atom stereocenters. The number of hydrogen-bond donors (Lipinski definition) is 3. The van der Waals surface area contributed by atoms with E-state index in [0.29, 0.717) is 30.0 Å². The van der Waals surface area contributed by atoms with Crippen molar-refractivity contribution < 1.29 is 29.0 Å². The second-order valence-corrected chi connectivity index (χ2v) is 7.53. The Hall–Kier alpha value is -2.48. The maximum Gasteiger partial charge on any atom is 0.408 e. The van der Waals surface area contributed by atoms with Crippen molar-refractivity contribution in [1.29, 1.82) is 0 Å². The predicted octanol–water partition coefficient (Wildman–Crippen LogP) is 3.71. The summed E-state index contributed by atoms with van der Waals surface area (Å²) >= 11 is 5.98. The molecule has 0 saturated heterocycles. The lowest BCUT2D eigenvalue weighted by Crippen LogP contribution is -2.41. The fourth-order valence-corrected chi connectivity index (χ4v) is 2.37. The van der Waals surface area contributed by atoms with Crippen LogP contribution in [-0.4, -0.2) is 41.4 Å². The van der Waals surface area contributed by atoms with Crippen LogP contribution in [0.3, 0.4) is 0 Å². The first-order chi connectivity index (χ1) is 13.1. The van der Waals surface area contributed by atoms with Gasteiger partial charge < -0.3 is 25.2 Å². The van der Waals surface area contributed by atoms with Gasteiger partial charge in [-0.3, -0.25) is 0 Å². The highest BCUT2D eigenvalue weighted by atomic mass is 35.5. The first-order valence-electron chi connectivity index (χ1n) is 8.95. The van der Waals surface area contributed by atoms with Gasteiger partial charge in [-0.2, -0.15) is 0 Å². The molecule has 3 N–H and O–H groups in total. The van der Waals surface area contributed by atoms with Gasteiger partial charge in [0.25, 0.3) is 0 Å². The lowest BCUT2D eigenvalue weighted by molar-refractivity contribution is -0.139. The molecule has 2 amide bonds. The second kappa shape index (κ2) is 11.4. The molecule has 0 bridgehead atoms. The largest absolute Gasteiger partial charge is 0.480 e. The van der Waals surface area contributed by atoms with E-state index in [1.165, 1.54) is 0 Å². The quantitative estimate of drug-likeness (QED) is 0.530. The number of benzene rings is 1. The van der Waals surface area contributed by atoms with Gasteiger partial charge in [0.15, 0.2) is 0 Å². The number of unbranched alkanes of at least 4 members (excludes halogenated alkanes) is 1. The van der Waals surface area contributed by atoms with E-state index in [1.54, 1.807) is 45.0 Å². The van der Waals surface area contributed by atoms with E-state index in [0.717, 1.165) is 0 Å². The Balaban J connectivity index is 2.31. The third kappa shape index (κ3) is 10.0. The number of amides is 2. The van der Waals surface area contributed by atoms with E-state index in [9.17, 15) is 19.5 Å². The van der Waals surface area contributed by atoms with Crippen LogP contribution in [-0.2, 0) is 20.9 Å². The van der Waals surface area contributed by atoms with E-state index in [2.05, 4.69) is 10.6 Å². The number of ether oxygens (including phenoxy) is 2. The number of carboxylic acid groups (broad SMARTS) is 1. The summed E-state index contributed by atoms with van der Waals surface area (Å²) in [4.78, 5) is 34.7. The zero-order valence-electron chi connectivity index (χ0n) is 16.3. The van der Waals surface area contributed by atoms with Gasteiger partial charge in [-0.15, -0.1) is 0 Å². The van der Waals surface area contributed by atoms with Crippen LogP contribution >= 0.6 is 11.6 Å². The van der Waals surface area contributed by atoms with Crippen molar-refractivity contribution in [2.75, 3.05) is 6.54 Å². The lowest BCUT2D eigenvalue weighted by Gasteiger charge is -2.19. The molecular weight excluding hydrogens is 388 g/mol. The fourth-order valence-electron chi connectivity index (χ4n) is 2.18. The molecule has 0 aliphatic carbocycles. The van der Waals surface area contributed by atoms with Gasteiger partial charge in [0.1, 0.15) is 18.2 Å². The van der Waals surface area contributed by atoms with Crippen LogP contribution in [0.4, 0.5) is 9.59 Å². The maximum absolute atomic E-state index is 11.8. The molecule has 0 aromatic heterocycles. The lowest BCUT2D eigenvalue weighted by atomic mass is 10.1. The summed E-state index contributed by atoms with van der Waals surface area (Å²) in [6, 6.07) is 5.81. The Morgan fingerprint density at radius 3 is 2.43 bits per heavy atom. The Labute approximate surface area is 169 Å². The number of alkyl carbamates (subject to hydrolysis) is 2. The Bertz CT molecular complexity index is 675. The molecule has 0 spiro atoms. The van der Waals surface area contributed by atoms with Crippen LogP contribution in [0, 0.1) is 0 Å². The summed E-state index contributed by atoms with van der Waals surface area (Å²) in [6.45, 7) is 5.58. The van der Waals surface area contributed by atoms with E-state index in [1.807, 2.05) is 0 Å². The smallest absolute Gasteiger partial charge is 0.408 e. The van der Waals surface area contributed by atoms with Crippen LogP contribution < -0.4 is 10.6 Å². The summed E-state index contributed by atoms with van der Waals surface area (Å²) in [5.74, 6) is -1.16. The van der Waals surface area contributed by atoms with Crippen LogP contribution in [0.5, 0.6) is 0 Å². The van der Waals surface area contributed by atoms with Crippen molar-refractivity contribution in [2.24, 2.45) is 0 Å². The summed E-state index contributed by atoms with van der Waals surface area (Å²) in [5.41, 5.74) is 0.0478. The molecule has 1 rings (SSSR count). The Morgan fingerprint density at radius 1 is 1.14 bits per heavy atom. The van der Waals surface area contributed by atoms with Crippen LogP contribution in [0.15, 0.2) is 24.3 Å². The van der Waals surface area contributed by atoms with Crippen molar-refractivity contribution in [3.63, 3.8) is 0 Å². The molecule has 156 valence electrons. The monoisotopic (exact) mass is 414 g/mol. The first-order valence-corrected chi connectivity index (χ1v) is 9.32. The topological polar surface area (TPSA) is 114 Å². The third-order valence-electron chi connectivity index (χ3n) is 3.49. The molecule has 1 aromatic rings. The minimum atomic E-state index is -1.16. The highest BCUT2D eigenvalue weighted by Crippen LogP contribution is 2.15. The number of carbonyl (C=O) groups is 3. The van der Waals surface area contributed by atoms with Crippen LogP contribution in [0.1, 0.15) is 45.6 Å². The molecule has 8 nitrogen and oxygen atoms in total. The number of carboxylic acids is 1. The Kier molecular flexibility index (Phi) is 9.58.